The summed E-state index contributed by atoms with van der Waals surface area (Å²) in [4.78, 5) is 4.17. The summed E-state index contributed by atoms with van der Waals surface area (Å²) in [5.74, 6) is 0.589. The molecule has 0 spiro atoms. The molecule has 1 aromatic heterocycles. The highest BCUT2D eigenvalue weighted by Gasteiger charge is 2.31. The number of nitrogens with zero attached hydrogens (tertiary/aromatic N) is 2. The largest absolute Gasteiger partial charge is 0.416 e. The normalized spacial score (nSPS) is 12.3. The topological polar surface area (TPSA) is 64.1 Å². The molecule has 0 aliphatic rings. The van der Waals surface area contributed by atoms with Crippen molar-refractivity contribution < 1.29 is 18.3 Å². The molecule has 0 aliphatic heterocycles. The number of aromatic nitrogens is 2. The highest BCUT2D eigenvalue weighted by Crippen LogP contribution is 2.31. The molecule has 0 saturated carbocycles. The summed E-state index contributed by atoms with van der Waals surface area (Å²) >= 11 is 0. The Bertz CT molecular complexity index is 577. The van der Waals surface area contributed by atoms with Crippen LogP contribution in [0.1, 0.15) is 11.4 Å². The van der Waals surface area contributed by atoms with Crippen LogP contribution in [0.25, 0.3) is 11.0 Å². The number of alkyl halides is 3. The maximum Gasteiger partial charge on any atom is 0.416 e. The van der Waals surface area contributed by atoms with Gasteiger partial charge < -0.3 is 15.4 Å². The molecule has 1 aromatic carbocycles. The smallest absolute Gasteiger partial charge is 0.395 e. The number of aliphatic hydroxyl groups excluding tert-OH is 1. The molecular formula is C12H14F3N3O. The van der Waals surface area contributed by atoms with E-state index in [0.717, 1.165) is 12.1 Å². The fourth-order valence-corrected chi connectivity index (χ4v) is 2.03. The fourth-order valence-electron chi connectivity index (χ4n) is 2.03. The second-order valence-corrected chi connectivity index (χ2v) is 4.14. The molecule has 2 aromatic rings. The van der Waals surface area contributed by atoms with Crippen molar-refractivity contribution in [3.05, 3.63) is 29.6 Å². The third-order valence-electron chi connectivity index (χ3n) is 2.85. The van der Waals surface area contributed by atoms with Gasteiger partial charge in [0.2, 0.25) is 0 Å². The fraction of sp³-hybridized carbons (Fsp3) is 0.417. The van der Waals surface area contributed by atoms with Gasteiger partial charge in [-0.25, -0.2) is 4.98 Å². The first-order chi connectivity index (χ1) is 8.97. The minimum absolute atomic E-state index is 0.107. The van der Waals surface area contributed by atoms with E-state index in [4.69, 9.17) is 10.8 Å². The Morgan fingerprint density at radius 2 is 2.05 bits per heavy atom. The van der Waals surface area contributed by atoms with Crippen molar-refractivity contribution in [1.29, 1.82) is 0 Å². The van der Waals surface area contributed by atoms with E-state index in [0.29, 0.717) is 24.3 Å². The number of fused-ring (bicyclic) bond motifs is 1. The van der Waals surface area contributed by atoms with Crippen LogP contribution < -0.4 is 5.73 Å². The Balaban J connectivity index is 2.55. The average Bonchev–Trinajstić information content (AvgIpc) is 2.67. The van der Waals surface area contributed by atoms with Crippen molar-refractivity contribution in [2.75, 3.05) is 13.2 Å². The number of aliphatic hydroxyl groups is 1. The molecular weight excluding hydrogens is 259 g/mol. The lowest BCUT2D eigenvalue weighted by molar-refractivity contribution is -0.137. The van der Waals surface area contributed by atoms with E-state index in [1.165, 1.54) is 6.07 Å². The molecule has 0 atom stereocenters. The maximum absolute atomic E-state index is 12.6. The molecule has 0 amide bonds. The Labute approximate surface area is 107 Å². The Morgan fingerprint density at radius 1 is 1.32 bits per heavy atom. The number of hydrogen-bond acceptors (Lipinski definition) is 3. The van der Waals surface area contributed by atoms with Crippen molar-refractivity contribution in [2.24, 2.45) is 5.73 Å². The summed E-state index contributed by atoms with van der Waals surface area (Å²) in [5.41, 5.74) is 5.57. The van der Waals surface area contributed by atoms with Gasteiger partial charge in [-0.1, -0.05) is 0 Å². The lowest BCUT2D eigenvalue weighted by atomic mass is 10.2. The molecule has 0 fully saturated rings. The first-order valence-corrected chi connectivity index (χ1v) is 5.84. The molecule has 3 N–H and O–H groups in total. The Morgan fingerprint density at radius 3 is 2.63 bits per heavy atom. The van der Waals surface area contributed by atoms with Crippen LogP contribution in [0.3, 0.4) is 0 Å². The van der Waals surface area contributed by atoms with Crippen LogP contribution in [0.15, 0.2) is 18.2 Å². The van der Waals surface area contributed by atoms with Crippen LogP contribution in [-0.4, -0.2) is 27.8 Å². The van der Waals surface area contributed by atoms with Gasteiger partial charge in [0, 0.05) is 13.0 Å². The minimum Gasteiger partial charge on any atom is -0.395 e. The summed E-state index contributed by atoms with van der Waals surface area (Å²) in [7, 11) is 0. The van der Waals surface area contributed by atoms with Gasteiger partial charge in [0.15, 0.2) is 0 Å². The van der Waals surface area contributed by atoms with Crippen molar-refractivity contribution in [2.45, 2.75) is 19.1 Å². The van der Waals surface area contributed by atoms with Gasteiger partial charge in [0.05, 0.1) is 23.2 Å². The van der Waals surface area contributed by atoms with Gasteiger partial charge in [0.25, 0.3) is 0 Å². The van der Waals surface area contributed by atoms with Crippen molar-refractivity contribution in [3.8, 4) is 0 Å². The predicted molar refractivity (Wildman–Crippen MR) is 64.6 cm³/mol. The second-order valence-electron chi connectivity index (χ2n) is 4.14. The van der Waals surface area contributed by atoms with Crippen molar-refractivity contribution >= 4 is 11.0 Å². The number of benzene rings is 1. The Kier molecular flexibility index (Phi) is 3.77. The molecule has 4 nitrogen and oxygen atoms in total. The molecule has 7 heteroatoms. The molecule has 0 bridgehead atoms. The minimum atomic E-state index is -4.39. The zero-order valence-electron chi connectivity index (χ0n) is 10.1. The van der Waals surface area contributed by atoms with Crippen LogP contribution in [0.2, 0.25) is 0 Å². The molecule has 104 valence electrons. The highest BCUT2D eigenvalue weighted by molar-refractivity contribution is 5.77. The summed E-state index contributed by atoms with van der Waals surface area (Å²) in [5, 5.41) is 9.01. The van der Waals surface area contributed by atoms with Crippen LogP contribution in [0.5, 0.6) is 0 Å². The third kappa shape index (κ3) is 2.71. The summed E-state index contributed by atoms with van der Waals surface area (Å²) in [6, 6.07) is 3.41. The lowest BCUT2D eigenvalue weighted by Gasteiger charge is -2.08. The molecule has 0 aliphatic carbocycles. The zero-order valence-corrected chi connectivity index (χ0v) is 10.1. The van der Waals surface area contributed by atoms with E-state index in [1.807, 2.05) is 0 Å². The molecule has 0 unspecified atom stereocenters. The molecule has 1 heterocycles. The van der Waals surface area contributed by atoms with Gasteiger partial charge in [-0.2, -0.15) is 13.2 Å². The molecule has 2 rings (SSSR count). The van der Waals surface area contributed by atoms with Gasteiger partial charge in [-0.15, -0.1) is 0 Å². The summed E-state index contributed by atoms with van der Waals surface area (Å²) in [6.07, 6.45) is -3.93. The Hall–Kier alpha value is -1.60. The molecule has 19 heavy (non-hydrogen) atoms. The number of imidazole rings is 1. The van der Waals surface area contributed by atoms with Crippen LogP contribution >= 0.6 is 0 Å². The first-order valence-electron chi connectivity index (χ1n) is 5.84. The summed E-state index contributed by atoms with van der Waals surface area (Å²) < 4.78 is 39.6. The number of rotatable bonds is 4. The maximum atomic E-state index is 12.6. The standard InChI is InChI=1S/C12H14F3N3O/c13-12(14,15)8-1-2-10-9(7-8)17-11(3-4-16)18(10)5-6-19/h1-2,7,19H,3-6,16H2. The lowest BCUT2D eigenvalue weighted by Crippen LogP contribution is -2.11. The van der Waals surface area contributed by atoms with Crippen LogP contribution in [0, 0.1) is 0 Å². The number of nitrogens with two attached hydrogens (primary N) is 1. The summed E-state index contributed by atoms with van der Waals surface area (Å²) in [6.45, 7) is 0.530. The zero-order chi connectivity index (χ0) is 14.0. The van der Waals surface area contributed by atoms with E-state index >= 15 is 0 Å². The van der Waals surface area contributed by atoms with Crippen molar-refractivity contribution in [3.63, 3.8) is 0 Å². The van der Waals surface area contributed by atoms with E-state index in [1.54, 1.807) is 4.57 Å². The predicted octanol–water partition coefficient (Wildman–Crippen LogP) is 1.55. The van der Waals surface area contributed by atoms with Crippen LogP contribution in [0.4, 0.5) is 13.2 Å². The quantitative estimate of drug-likeness (QED) is 0.888. The van der Waals surface area contributed by atoms with Gasteiger partial charge in [-0.3, -0.25) is 0 Å². The third-order valence-corrected chi connectivity index (χ3v) is 2.85. The van der Waals surface area contributed by atoms with Gasteiger partial charge in [-0.05, 0) is 24.7 Å². The first kappa shape index (κ1) is 13.8. The molecule has 0 saturated heterocycles. The van der Waals surface area contributed by atoms with Crippen molar-refractivity contribution in [1.82, 2.24) is 9.55 Å². The van der Waals surface area contributed by atoms with Crippen LogP contribution in [-0.2, 0) is 19.1 Å². The van der Waals surface area contributed by atoms with E-state index in [2.05, 4.69) is 4.98 Å². The van der Waals surface area contributed by atoms with E-state index in [9.17, 15) is 13.2 Å². The average molecular weight is 273 g/mol. The second kappa shape index (κ2) is 5.18. The number of halogens is 3. The SMILES string of the molecule is NCCc1nc2cc(C(F)(F)F)ccc2n1CCO. The van der Waals surface area contributed by atoms with E-state index in [-0.39, 0.29) is 18.7 Å². The number of hydrogen-bond donors (Lipinski definition) is 2. The molecule has 0 radical (unpaired) electrons. The monoisotopic (exact) mass is 273 g/mol. The van der Waals surface area contributed by atoms with Gasteiger partial charge in [0.1, 0.15) is 5.82 Å². The van der Waals surface area contributed by atoms with E-state index < -0.39 is 11.7 Å². The van der Waals surface area contributed by atoms with Gasteiger partial charge >= 0.3 is 6.18 Å². The highest BCUT2D eigenvalue weighted by atomic mass is 19.4.